The van der Waals surface area contributed by atoms with Crippen LogP contribution in [0.15, 0.2) is 18.2 Å². The third-order valence-corrected chi connectivity index (χ3v) is 3.14. The van der Waals surface area contributed by atoms with Crippen LogP contribution in [0.4, 0.5) is 5.82 Å². The van der Waals surface area contributed by atoms with E-state index in [1.165, 1.54) is 16.5 Å². The molecule has 0 aliphatic carbocycles. The van der Waals surface area contributed by atoms with E-state index in [0.29, 0.717) is 6.04 Å². The van der Waals surface area contributed by atoms with Crippen molar-refractivity contribution >= 4 is 16.7 Å². The molecule has 0 atom stereocenters. The van der Waals surface area contributed by atoms with Crippen LogP contribution >= 0.6 is 0 Å². The number of hydrogen-bond acceptors (Lipinski definition) is 2. The summed E-state index contributed by atoms with van der Waals surface area (Å²) >= 11 is 0. The third kappa shape index (κ3) is 2.35. The van der Waals surface area contributed by atoms with Crippen molar-refractivity contribution in [2.75, 3.05) is 5.32 Å². The Balaban J connectivity index is 2.55. The van der Waals surface area contributed by atoms with Gasteiger partial charge in [-0.2, -0.15) is 5.10 Å². The number of aryl methyl sites for hydroxylation is 1. The van der Waals surface area contributed by atoms with Crippen molar-refractivity contribution in [3.8, 4) is 0 Å². The summed E-state index contributed by atoms with van der Waals surface area (Å²) in [7, 11) is 2.00. The third-order valence-electron chi connectivity index (χ3n) is 3.14. The summed E-state index contributed by atoms with van der Waals surface area (Å²) in [5, 5.41) is 9.15. The molecular formula is C15H23N3. The van der Waals surface area contributed by atoms with Gasteiger partial charge in [0.1, 0.15) is 0 Å². The van der Waals surface area contributed by atoms with Crippen LogP contribution in [0.5, 0.6) is 0 Å². The zero-order valence-corrected chi connectivity index (χ0v) is 12.2. The highest BCUT2D eigenvalue weighted by atomic mass is 15.3. The maximum atomic E-state index is 4.56. The number of nitrogens with one attached hydrogen (secondary N) is 1. The number of fused-ring (bicyclic) bond motifs is 1. The van der Waals surface area contributed by atoms with Crippen molar-refractivity contribution < 1.29 is 0 Å². The van der Waals surface area contributed by atoms with Crippen LogP contribution in [0.3, 0.4) is 0 Å². The first kappa shape index (κ1) is 12.9. The van der Waals surface area contributed by atoms with Crippen LogP contribution < -0.4 is 5.32 Å². The zero-order chi connectivity index (χ0) is 13.5. The minimum atomic E-state index is 0.171. The molecule has 0 saturated heterocycles. The Morgan fingerprint density at radius 3 is 2.44 bits per heavy atom. The molecule has 3 heteroatoms. The summed E-state index contributed by atoms with van der Waals surface area (Å²) in [6, 6.07) is 7.02. The lowest BCUT2D eigenvalue weighted by atomic mass is 9.86. The van der Waals surface area contributed by atoms with Crippen molar-refractivity contribution in [2.45, 2.75) is 46.1 Å². The minimum absolute atomic E-state index is 0.171. The molecule has 0 unspecified atom stereocenters. The van der Waals surface area contributed by atoms with Gasteiger partial charge in [-0.3, -0.25) is 4.68 Å². The standard InChI is InChI=1S/C15H23N3/c1-10(2)16-14-12-8-7-11(15(3,4)5)9-13(12)18(6)17-14/h7-10H,1-6H3,(H,16,17). The van der Waals surface area contributed by atoms with Gasteiger partial charge in [0.25, 0.3) is 0 Å². The molecule has 1 heterocycles. The molecule has 1 aromatic heterocycles. The van der Waals surface area contributed by atoms with Gasteiger partial charge >= 0.3 is 0 Å². The van der Waals surface area contributed by atoms with E-state index in [1.54, 1.807) is 0 Å². The monoisotopic (exact) mass is 245 g/mol. The predicted molar refractivity (Wildman–Crippen MR) is 78.2 cm³/mol. The number of nitrogens with zero attached hydrogens (tertiary/aromatic N) is 2. The molecule has 0 aliphatic rings. The first-order valence-electron chi connectivity index (χ1n) is 6.53. The second-order valence-corrected chi connectivity index (χ2v) is 6.25. The lowest BCUT2D eigenvalue weighted by molar-refractivity contribution is 0.590. The fourth-order valence-electron chi connectivity index (χ4n) is 2.10. The van der Waals surface area contributed by atoms with Crippen molar-refractivity contribution in [3.05, 3.63) is 23.8 Å². The smallest absolute Gasteiger partial charge is 0.156 e. The SMILES string of the molecule is CC(C)Nc1nn(C)c2cc(C(C)(C)C)ccc12. The lowest BCUT2D eigenvalue weighted by Gasteiger charge is -2.19. The Morgan fingerprint density at radius 2 is 1.89 bits per heavy atom. The topological polar surface area (TPSA) is 29.9 Å². The Hall–Kier alpha value is -1.51. The average Bonchev–Trinajstić information content (AvgIpc) is 2.53. The zero-order valence-electron chi connectivity index (χ0n) is 12.2. The van der Waals surface area contributed by atoms with Gasteiger partial charge in [0.05, 0.1) is 5.52 Å². The minimum Gasteiger partial charge on any atom is -0.366 e. The van der Waals surface area contributed by atoms with Crippen LogP contribution in [-0.2, 0) is 12.5 Å². The fourth-order valence-corrected chi connectivity index (χ4v) is 2.10. The van der Waals surface area contributed by atoms with Crippen LogP contribution in [0.1, 0.15) is 40.2 Å². The van der Waals surface area contributed by atoms with Gasteiger partial charge in [-0.1, -0.05) is 26.8 Å². The first-order valence-corrected chi connectivity index (χ1v) is 6.53. The molecule has 98 valence electrons. The molecule has 18 heavy (non-hydrogen) atoms. The summed E-state index contributed by atoms with van der Waals surface area (Å²) in [5.74, 6) is 0.975. The largest absolute Gasteiger partial charge is 0.366 e. The van der Waals surface area contributed by atoms with Crippen LogP contribution in [0.25, 0.3) is 10.9 Å². The molecule has 0 bridgehead atoms. The van der Waals surface area contributed by atoms with E-state index in [4.69, 9.17) is 0 Å². The first-order chi connectivity index (χ1) is 8.29. The maximum absolute atomic E-state index is 4.56. The number of aromatic nitrogens is 2. The molecule has 0 amide bonds. The summed E-state index contributed by atoms with van der Waals surface area (Å²) in [6.45, 7) is 11.0. The summed E-state index contributed by atoms with van der Waals surface area (Å²) in [6.07, 6.45) is 0. The van der Waals surface area contributed by atoms with Crippen molar-refractivity contribution in [1.29, 1.82) is 0 Å². The van der Waals surface area contributed by atoms with E-state index in [0.717, 1.165) is 5.82 Å². The highest BCUT2D eigenvalue weighted by molar-refractivity contribution is 5.90. The van der Waals surface area contributed by atoms with E-state index in [-0.39, 0.29) is 5.41 Å². The number of anilines is 1. The molecule has 0 fully saturated rings. The Kier molecular flexibility index (Phi) is 3.09. The maximum Gasteiger partial charge on any atom is 0.156 e. The van der Waals surface area contributed by atoms with Gasteiger partial charge in [-0.15, -0.1) is 0 Å². The molecule has 3 nitrogen and oxygen atoms in total. The molecule has 2 rings (SSSR count). The van der Waals surface area contributed by atoms with Gasteiger partial charge in [0.15, 0.2) is 5.82 Å². The second-order valence-electron chi connectivity index (χ2n) is 6.25. The van der Waals surface area contributed by atoms with Crippen molar-refractivity contribution in [1.82, 2.24) is 9.78 Å². The summed E-state index contributed by atoms with van der Waals surface area (Å²) < 4.78 is 1.95. The van der Waals surface area contributed by atoms with E-state index < -0.39 is 0 Å². The molecule has 1 aromatic carbocycles. The van der Waals surface area contributed by atoms with E-state index in [9.17, 15) is 0 Å². The summed E-state index contributed by atoms with van der Waals surface area (Å²) in [5.41, 5.74) is 2.70. The lowest BCUT2D eigenvalue weighted by Crippen LogP contribution is -2.11. The number of hydrogen-bond donors (Lipinski definition) is 1. The van der Waals surface area contributed by atoms with Gasteiger partial charge in [0.2, 0.25) is 0 Å². The van der Waals surface area contributed by atoms with Gasteiger partial charge < -0.3 is 5.32 Å². The Bertz CT molecular complexity index is 559. The average molecular weight is 245 g/mol. The van der Waals surface area contributed by atoms with E-state index in [2.05, 4.69) is 63.2 Å². The van der Waals surface area contributed by atoms with Gasteiger partial charge in [-0.05, 0) is 37.0 Å². The fraction of sp³-hybridized carbons (Fsp3) is 0.533. The molecule has 0 radical (unpaired) electrons. The van der Waals surface area contributed by atoms with E-state index >= 15 is 0 Å². The molecule has 0 saturated carbocycles. The normalized spacial score (nSPS) is 12.4. The molecule has 2 aromatic rings. The highest BCUT2D eigenvalue weighted by Crippen LogP contribution is 2.29. The molecule has 0 aliphatic heterocycles. The van der Waals surface area contributed by atoms with Crippen molar-refractivity contribution in [3.63, 3.8) is 0 Å². The number of rotatable bonds is 2. The van der Waals surface area contributed by atoms with E-state index in [1.807, 2.05) is 11.7 Å². The summed E-state index contributed by atoms with van der Waals surface area (Å²) in [4.78, 5) is 0. The Morgan fingerprint density at radius 1 is 1.22 bits per heavy atom. The second kappa shape index (κ2) is 4.30. The highest BCUT2D eigenvalue weighted by Gasteiger charge is 2.16. The predicted octanol–water partition coefficient (Wildman–Crippen LogP) is 3.69. The quantitative estimate of drug-likeness (QED) is 0.874. The van der Waals surface area contributed by atoms with Gasteiger partial charge in [-0.25, -0.2) is 0 Å². The van der Waals surface area contributed by atoms with Crippen LogP contribution in [-0.4, -0.2) is 15.8 Å². The van der Waals surface area contributed by atoms with Crippen molar-refractivity contribution in [2.24, 2.45) is 7.05 Å². The molecule has 0 spiro atoms. The van der Waals surface area contributed by atoms with Gasteiger partial charge in [0, 0.05) is 18.5 Å². The van der Waals surface area contributed by atoms with Crippen LogP contribution in [0, 0.1) is 0 Å². The van der Waals surface area contributed by atoms with Crippen LogP contribution in [0.2, 0.25) is 0 Å². The molecule has 1 N–H and O–H groups in total. The molecular weight excluding hydrogens is 222 g/mol. The Labute approximate surface area is 109 Å². The number of benzene rings is 1.